The third kappa shape index (κ3) is 5.87. The number of carbonyl (C=O) groups excluding carboxylic acids is 3. The van der Waals surface area contributed by atoms with Gasteiger partial charge in [0.05, 0.1) is 7.11 Å². The highest BCUT2D eigenvalue weighted by atomic mass is 16.6. The highest BCUT2D eigenvalue weighted by Gasteiger charge is 2.30. The number of hydrogen-bond acceptors (Lipinski definition) is 5. The van der Waals surface area contributed by atoms with E-state index in [4.69, 9.17) is 9.47 Å². The van der Waals surface area contributed by atoms with Crippen LogP contribution in [-0.2, 0) is 25.5 Å². The van der Waals surface area contributed by atoms with Crippen molar-refractivity contribution in [2.45, 2.75) is 24.8 Å². The largest absolute Gasteiger partial charge is 0.467 e. The maximum atomic E-state index is 12.6. The minimum Gasteiger partial charge on any atom is -0.467 e. The van der Waals surface area contributed by atoms with Crippen LogP contribution >= 0.6 is 0 Å². The number of hydrogen-bond donors (Lipinski definition) is 2. The number of ether oxygens (including phenoxy) is 2. The molecule has 4 rings (SSSR count). The molecule has 1 aliphatic rings. The summed E-state index contributed by atoms with van der Waals surface area (Å²) in [6.45, 7) is 0.0294. The molecule has 0 saturated carbocycles. The number of aryl methyl sites for hydroxylation is 1. The number of fused-ring (bicyclic) bond motifs is 3. The van der Waals surface area contributed by atoms with E-state index in [2.05, 4.69) is 22.8 Å². The van der Waals surface area contributed by atoms with Crippen LogP contribution in [0.15, 0.2) is 78.9 Å². The number of benzene rings is 3. The predicted molar refractivity (Wildman–Crippen MR) is 132 cm³/mol. The molecular weight excluding hydrogens is 444 g/mol. The zero-order valence-corrected chi connectivity index (χ0v) is 19.5. The topological polar surface area (TPSA) is 93.7 Å². The van der Waals surface area contributed by atoms with E-state index in [1.54, 1.807) is 0 Å². The first-order chi connectivity index (χ1) is 17.1. The van der Waals surface area contributed by atoms with E-state index < -0.39 is 18.1 Å². The van der Waals surface area contributed by atoms with Crippen LogP contribution < -0.4 is 10.6 Å². The van der Waals surface area contributed by atoms with Gasteiger partial charge in [0, 0.05) is 18.9 Å². The van der Waals surface area contributed by atoms with Crippen LogP contribution in [-0.4, -0.2) is 44.3 Å². The van der Waals surface area contributed by atoms with Crippen molar-refractivity contribution in [1.29, 1.82) is 0 Å². The molecule has 0 bridgehead atoms. The lowest BCUT2D eigenvalue weighted by Gasteiger charge is -2.19. The lowest BCUT2D eigenvalue weighted by molar-refractivity contribution is -0.142. The normalized spacial score (nSPS) is 12.7. The van der Waals surface area contributed by atoms with Crippen LogP contribution in [0.25, 0.3) is 11.1 Å². The third-order valence-corrected chi connectivity index (χ3v) is 6.11. The fraction of sp³-hybridized carbons (Fsp3) is 0.250. The number of esters is 1. The predicted octanol–water partition coefficient (Wildman–Crippen LogP) is 3.82. The van der Waals surface area contributed by atoms with Crippen molar-refractivity contribution in [3.05, 3.63) is 95.6 Å². The molecule has 0 aromatic heterocycles. The number of amides is 2. The van der Waals surface area contributed by atoms with Gasteiger partial charge in [0.25, 0.3) is 0 Å². The van der Waals surface area contributed by atoms with E-state index in [9.17, 15) is 14.4 Å². The summed E-state index contributed by atoms with van der Waals surface area (Å²) in [5.74, 6) is -0.985. The Morgan fingerprint density at radius 1 is 0.857 bits per heavy atom. The zero-order chi connectivity index (χ0) is 24.6. The van der Waals surface area contributed by atoms with Crippen molar-refractivity contribution < 1.29 is 23.9 Å². The van der Waals surface area contributed by atoms with Crippen LogP contribution in [0.1, 0.15) is 29.0 Å². The fourth-order valence-electron chi connectivity index (χ4n) is 4.32. The molecule has 180 valence electrons. The maximum absolute atomic E-state index is 12.6. The van der Waals surface area contributed by atoms with Gasteiger partial charge in [-0.2, -0.15) is 0 Å². The molecule has 3 aromatic carbocycles. The summed E-state index contributed by atoms with van der Waals surface area (Å²) in [7, 11) is 1.23. The second-order valence-corrected chi connectivity index (χ2v) is 8.34. The van der Waals surface area contributed by atoms with Crippen molar-refractivity contribution in [3.8, 4) is 11.1 Å². The average Bonchev–Trinajstić information content (AvgIpc) is 3.22. The fourth-order valence-corrected chi connectivity index (χ4v) is 4.32. The number of nitrogens with one attached hydrogen (secondary N) is 2. The Balaban J connectivity index is 1.31. The smallest absolute Gasteiger partial charge is 0.407 e. The van der Waals surface area contributed by atoms with Gasteiger partial charge in [-0.25, -0.2) is 9.59 Å². The van der Waals surface area contributed by atoms with Crippen LogP contribution in [0, 0.1) is 0 Å². The summed E-state index contributed by atoms with van der Waals surface area (Å²) in [6.07, 6.45) is 0.0962. The Bertz CT molecular complexity index is 1150. The van der Waals surface area contributed by atoms with E-state index in [0.29, 0.717) is 6.42 Å². The molecule has 7 heteroatoms. The molecule has 0 aliphatic heterocycles. The van der Waals surface area contributed by atoms with Gasteiger partial charge in [-0.1, -0.05) is 78.9 Å². The molecule has 0 spiro atoms. The van der Waals surface area contributed by atoms with Gasteiger partial charge in [-0.3, -0.25) is 4.79 Å². The SMILES string of the molecule is COC(=O)[C@H](CNC(=O)CCc1ccccc1)NC(=O)OCC1c2ccccc2-c2ccccc21. The van der Waals surface area contributed by atoms with Gasteiger partial charge in [0.15, 0.2) is 0 Å². The second-order valence-electron chi connectivity index (χ2n) is 8.34. The number of alkyl carbamates (subject to hydrolysis) is 1. The van der Waals surface area contributed by atoms with Crippen LogP contribution in [0.2, 0.25) is 0 Å². The Kier molecular flexibility index (Phi) is 7.77. The number of methoxy groups -OCH3 is 1. The molecule has 0 fully saturated rings. The Hall–Kier alpha value is -4.13. The van der Waals surface area contributed by atoms with Gasteiger partial charge >= 0.3 is 12.1 Å². The lowest BCUT2D eigenvalue weighted by Crippen LogP contribution is -2.49. The summed E-state index contributed by atoms with van der Waals surface area (Å²) in [6, 6.07) is 24.7. The molecule has 0 unspecified atom stereocenters. The van der Waals surface area contributed by atoms with E-state index >= 15 is 0 Å². The van der Waals surface area contributed by atoms with Crippen molar-refractivity contribution in [1.82, 2.24) is 10.6 Å². The van der Waals surface area contributed by atoms with E-state index in [0.717, 1.165) is 27.8 Å². The molecule has 2 N–H and O–H groups in total. The van der Waals surface area contributed by atoms with Gasteiger partial charge in [0.2, 0.25) is 5.91 Å². The number of carbonyl (C=O) groups is 3. The first kappa shape index (κ1) is 24.0. The summed E-state index contributed by atoms with van der Waals surface area (Å²) in [4.78, 5) is 37.0. The summed E-state index contributed by atoms with van der Waals surface area (Å²) in [5, 5.41) is 5.21. The molecule has 7 nitrogen and oxygen atoms in total. The average molecular weight is 473 g/mol. The Morgan fingerprint density at radius 2 is 1.46 bits per heavy atom. The van der Waals surface area contributed by atoms with Gasteiger partial charge < -0.3 is 20.1 Å². The van der Waals surface area contributed by atoms with Crippen molar-refractivity contribution in [3.63, 3.8) is 0 Å². The maximum Gasteiger partial charge on any atom is 0.407 e. The summed E-state index contributed by atoms with van der Waals surface area (Å²) >= 11 is 0. The molecule has 1 atom stereocenters. The molecule has 3 aromatic rings. The standard InChI is InChI=1S/C28H28N2O5/c1-34-27(32)25(17-29-26(31)16-15-19-9-3-2-4-10-19)30-28(33)35-18-24-22-13-7-5-11-20(22)21-12-6-8-14-23(21)24/h2-14,24-25H,15-18H2,1H3,(H,29,31)(H,30,33)/t25-/m0/s1. The van der Waals surface area contributed by atoms with Gasteiger partial charge in [-0.15, -0.1) is 0 Å². The molecule has 35 heavy (non-hydrogen) atoms. The lowest BCUT2D eigenvalue weighted by atomic mass is 9.98. The van der Waals surface area contributed by atoms with Crippen LogP contribution in [0.3, 0.4) is 0 Å². The van der Waals surface area contributed by atoms with Crippen molar-refractivity contribution >= 4 is 18.0 Å². The molecule has 1 aliphatic carbocycles. The van der Waals surface area contributed by atoms with Gasteiger partial charge in [-0.05, 0) is 34.2 Å². The van der Waals surface area contributed by atoms with Crippen molar-refractivity contribution in [2.75, 3.05) is 20.3 Å². The van der Waals surface area contributed by atoms with E-state index in [1.165, 1.54) is 7.11 Å². The molecule has 2 amide bonds. The zero-order valence-electron chi connectivity index (χ0n) is 19.5. The molecule has 0 radical (unpaired) electrons. The third-order valence-electron chi connectivity index (χ3n) is 6.11. The highest BCUT2D eigenvalue weighted by Crippen LogP contribution is 2.44. The first-order valence-electron chi connectivity index (χ1n) is 11.6. The van der Waals surface area contributed by atoms with Crippen molar-refractivity contribution in [2.24, 2.45) is 0 Å². The van der Waals surface area contributed by atoms with Gasteiger partial charge in [0.1, 0.15) is 12.6 Å². The second kappa shape index (κ2) is 11.3. The highest BCUT2D eigenvalue weighted by molar-refractivity contribution is 5.83. The first-order valence-corrected chi connectivity index (χ1v) is 11.6. The van der Waals surface area contributed by atoms with E-state index in [-0.39, 0.29) is 31.4 Å². The quantitative estimate of drug-likeness (QED) is 0.462. The minimum atomic E-state index is -1.06. The van der Waals surface area contributed by atoms with Crippen LogP contribution in [0.4, 0.5) is 4.79 Å². The molecular formula is C28H28N2O5. The molecule has 0 saturated heterocycles. The van der Waals surface area contributed by atoms with E-state index in [1.807, 2.05) is 66.7 Å². The van der Waals surface area contributed by atoms with Crippen LogP contribution in [0.5, 0.6) is 0 Å². The summed E-state index contributed by atoms with van der Waals surface area (Å²) < 4.78 is 10.3. The molecule has 0 heterocycles. The monoisotopic (exact) mass is 472 g/mol. The Morgan fingerprint density at radius 3 is 2.09 bits per heavy atom. The summed E-state index contributed by atoms with van der Waals surface area (Å²) in [5.41, 5.74) is 5.49. The number of rotatable bonds is 9. The minimum absolute atomic E-state index is 0.0928. The Labute approximate surface area is 204 Å².